The number of ether oxygens (including phenoxy) is 1. The van der Waals surface area contributed by atoms with E-state index in [9.17, 15) is 8.42 Å². The van der Waals surface area contributed by atoms with Crippen molar-refractivity contribution in [3.63, 3.8) is 0 Å². The highest BCUT2D eigenvalue weighted by Gasteiger charge is 2.19. The van der Waals surface area contributed by atoms with Crippen LogP contribution < -0.4 is 16.2 Å². The van der Waals surface area contributed by atoms with Gasteiger partial charge in [0, 0.05) is 30.6 Å². The quantitative estimate of drug-likeness (QED) is 0.712. The van der Waals surface area contributed by atoms with Crippen LogP contribution in [0.1, 0.15) is 18.4 Å². The lowest BCUT2D eigenvalue weighted by Gasteiger charge is -2.25. The molecule has 0 unspecified atom stereocenters. The zero-order chi connectivity index (χ0) is 14.0. The third-order valence-electron chi connectivity index (χ3n) is 3.27. The number of nitrogens with one attached hydrogen (secondary N) is 1. The first-order chi connectivity index (χ1) is 8.88. The average molecular weight is 285 g/mol. The lowest BCUT2D eigenvalue weighted by atomic mass is 10.1. The number of primary sulfonamides is 1. The predicted octanol–water partition coefficient (Wildman–Crippen LogP) is 0.816. The second kappa shape index (κ2) is 5.36. The Kier molecular flexibility index (Phi) is 3.98. The average Bonchev–Trinajstić information content (AvgIpc) is 2.33. The molecule has 1 aliphatic rings. The van der Waals surface area contributed by atoms with E-state index in [1.54, 1.807) is 13.0 Å². The van der Waals surface area contributed by atoms with Gasteiger partial charge in [-0.3, -0.25) is 0 Å². The van der Waals surface area contributed by atoms with Crippen LogP contribution in [0.2, 0.25) is 0 Å². The molecule has 1 aliphatic heterocycles. The zero-order valence-corrected chi connectivity index (χ0v) is 11.7. The Hall–Kier alpha value is -1.31. The van der Waals surface area contributed by atoms with Crippen molar-refractivity contribution in [1.29, 1.82) is 0 Å². The van der Waals surface area contributed by atoms with Crippen LogP contribution in [0.4, 0.5) is 11.4 Å². The summed E-state index contributed by atoms with van der Waals surface area (Å²) in [5, 5.41) is 8.52. The van der Waals surface area contributed by atoms with E-state index in [1.807, 2.05) is 0 Å². The summed E-state index contributed by atoms with van der Waals surface area (Å²) in [5.74, 6) is 0. The second-order valence-corrected chi connectivity index (χ2v) is 6.30. The molecule has 1 saturated heterocycles. The van der Waals surface area contributed by atoms with Crippen molar-refractivity contribution in [3.05, 3.63) is 17.7 Å². The van der Waals surface area contributed by atoms with Gasteiger partial charge in [0.2, 0.25) is 10.0 Å². The van der Waals surface area contributed by atoms with E-state index >= 15 is 0 Å². The molecule has 0 bridgehead atoms. The Balaban J connectivity index is 2.32. The summed E-state index contributed by atoms with van der Waals surface area (Å²) in [6, 6.07) is 3.39. The van der Waals surface area contributed by atoms with Crippen molar-refractivity contribution in [2.24, 2.45) is 5.14 Å². The van der Waals surface area contributed by atoms with Gasteiger partial charge in [-0.1, -0.05) is 0 Å². The molecule has 1 fully saturated rings. The molecule has 0 aromatic heterocycles. The van der Waals surface area contributed by atoms with Crippen LogP contribution in [0.5, 0.6) is 0 Å². The third kappa shape index (κ3) is 3.37. The minimum Gasteiger partial charge on any atom is -0.399 e. The fourth-order valence-corrected chi connectivity index (χ4v) is 3.05. The van der Waals surface area contributed by atoms with E-state index in [2.05, 4.69) is 5.32 Å². The Bertz CT molecular complexity index is 566. The van der Waals surface area contributed by atoms with Crippen LogP contribution in [0.3, 0.4) is 0 Å². The number of hydrogen-bond acceptors (Lipinski definition) is 5. The molecule has 5 N–H and O–H groups in total. The van der Waals surface area contributed by atoms with Crippen LogP contribution in [-0.2, 0) is 14.8 Å². The van der Waals surface area contributed by atoms with Gasteiger partial charge >= 0.3 is 0 Å². The molecule has 6 nitrogen and oxygen atoms in total. The highest BCUT2D eigenvalue weighted by atomic mass is 32.2. The van der Waals surface area contributed by atoms with Crippen molar-refractivity contribution < 1.29 is 13.2 Å². The monoisotopic (exact) mass is 285 g/mol. The molecule has 0 aliphatic carbocycles. The summed E-state index contributed by atoms with van der Waals surface area (Å²) in [7, 11) is -3.76. The largest absolute Gasteiger partial charge is 0.399 e. The number of hydrogen-bond donors (Lipinski definition) is 3. The maximum Gasteiger partial charge on any atom is 0.238 e. The molecule has 19 heavy (non-hydrogen) atoms. The molecule has 7 heteroatoms. The molecule has 0 radical (unpaired) electrons. The van der Waals surface area contributed by atoms with E-state index in [0.717, 1.165) is 18.5 Å². The van der Waals surface area contributed by atoms with Crippen LogP contribution in [0, 0.1) is 6.92 Å². The van der Waals surface area contributed by atoms with E-state index in [-0.39, 0.29) is 10.9 Å². The van der Waals surface area contributed by atoms with Gasteiger partial charge in [-0.2, -0.15) is 0 Å². The van der Waals surface area contributed by atoms with Crippen LogP contribution in [0.25, 0.3) is 0 Å². The number of nitrogen functional groups attached to an aromatic ring is 1. The third-order valence-corrected chi connectivity index (χ3v) is 4.31. The lowest BCUT2D eigenvalue weighted by Crippen LogP contribution is -2.28. The molecule has 1 aromatic rings. The molecule has 106 valence electrons. The highest BCUT2D eigenvalue weighted by Crippen LogP contribution is 2.27. The number of sulfonamides is 1. The number of rotatable bonds is 3. The topological polar surface area (TPSA) is 107 Å². The summed E-state index contributed by atoms with van der Waals surface area (Å²) >= 11 is 0. The van der Waals surface area contributed by atoms with Crippen LogP contribution >= 0.6 is 0 Å². The van der Waals surface area contributed by atoms with Crippen LogP contribution in [0.15, 0.2) is 17.0 Å². The fraction of sp³-hybridized carbons (Fsp3) is 0.500. The molecule has 0 amide bonds. The molecule has 1 heterocycles. The highest BCUT2D eigenvalue weighted by molar-refractivity contribution is 7.89. The Morgan fingerprint density at radius 1 is 1.32 bits per heavy atom. The lowest BCUT2D eigenvalue weighted by molar-refractivity contribution is 0.0904. The fourth-order valence-electron chi connectivity index (χ4n) is 2.22. The van der Waals surface area contributed by atoms with Gasteiger partial charge in [0.1, 0.15) is 0 Å². The summed E-state index contributed by atoms with van der Waals surface area (Å²) < 4.78 is 28.3. The molecular formula is C12H19N3O3S. The molecule has 0 atom stereocenters. The maximum absolute atomic E-state index is 11.5. The van der Waals surface area contributed by atoms with Gasteiger partial charge in [0.25, 0.3) is 0 Å². The first-order valence-electron chi connectivity index (χ1n) is 6.15. The van der Waals surface area contributed by atoms with E-state index in [1.165, 1.54) is 6.07 Å². The Morgan fingerprint density at radius 2 is 1.95 bits per heavy atom. The SMILES string of the molecule is Cc1c(NC2CCOCC2)cc(N)cc1S(N)(=O)=O. The van der Waals surface area contributed by atoms with Gasteiger partial charge < -0.3 is 15.8 Å². The minimum atomic E-state index is -3.76. The van der Waals surface area contributed by atoms with E-state index < -0.39 is 10.0 Å². The Labute approximate surface area is 113 Å². The first kappa shape index (κ1) is 14.1. The van der Waals surface area contributed by atoms with Crippen molar-refractivity contribution >= 4 is 21.4 Å². The van der Waals surface area contributed by atoms with Gasteiger partial charge in [0.15, 0.2) is 0 Å². The van der Waals surface area contributed by atoms with Gasteiger partial charge in [-0.05, 0) is 37.5 Å². The Morgan fingerprint density at radius 3 is 2.53 bits per heavy atom. The standard InChI is InChI=1S/C12H19N3O3S/c1-8-11(15-10-2-4-18-5-3-10)6-9(13)7-12(8)19(14,16)17/h6-7,10,15H,2-5,13H2,1H3,(H2,14,16,17). The van der Waals surface area contributed by atoms with Crippen molar-refractivity contribution in [1.82, 2.24) is 0 Å². The predicted molar refractivity (Wildman–Crippen MR) is 74.4 cm³/mol. The molecule has 2 rings (SSSR count). The number of nitrogens with two attached hydrogens (primary N) is 2. The van der Waals surface area contributed by atoms with Crippen LogP contribution in [-0.4, -0.2) is 27.7 Å². The normalized spacial score (nSPS) is 17.4. The van der Waals surface area contributed by atoms with E-state index in [0.29, 0.717) is 24.5 Å². The number of anilines is 2. The number of benzene rings is 1. The summed E-state index contributed by atoms with van der Waals surface area (Å²) in [5.41, 5.74) is 7.44. The van der Waals surface area contributed by atoms with Gasteiger partial charge in [0.05, 0.1) is 4.90 Å². The maximum atomic E-state index is 11.5. The zero-order valence-electron chi connectivity index (χ0n) is 10.8. The first-order valence-corrected chi connectivity index (χ1v) is 7.70. The molecule has 1 aromatic carbocycles. The molecule has 0 spiro atoms. The second-order valence-electron chi connectivity index (χ2n) is 4.77. The molecule has 0 saturated carbocycles. The van der Waals surface area contributed by atoms with Gasteiger partial charge in [-0.15, -0.1) is 0 Å². The van der Waals surface area contributed by atoms with Crippen molar-refractivity contribution in [2.45, 2.75) is 30.7 Å². The summed E-state index contributed by atoms with van der Waals surface area (Å²) in [6.45, 7) is 3.14. The van der Waals surface area contributed by atoms with Crippen molar-refractivity contribution in [3.8, 4) is 0 Å². The minimum absolute atomic E-state index is 0.0714. The van der Waals surface area contributed by atoms with Crippen molar-refractivity contribution in [2.75, 3.05) is 24.3 Å². The summed E-state index contributed by atoms with van der Waals surface area (Å²) in [4.78, 5) is 0.0714. The van der Waals surface area contributed by atoms with E-state index in [4.69, 9.17) is 15.6 Å². The smallest absolute Gasteiger partial charge is 0.238 e. The molecular weight excluding hydrogens is 266 g/mol. The summed E-state index contributed by atoms with van der Waals surface area (Å²) in [6.07, 6.45) is 1.78. The van der Waals surface area contributed by atoms with Gasteiger partial charge in [-0.25, -0.2) is 13.6 Å².